The van der Waals surface area contributed by atoms with E-state index in [4.69, 9.17) is 4.74 Å². The molecule has 36 heavy (non-hydrogen) atoms. The zero-order chi connectivity index (χ0) is 25.5. The number of hydrogen-bond donors (Lipinski definition) is 1. The minimum atomic E-state index is 0.0654. The van der Waals surface area contributed by atoms with Crippen molar-refractivity contribution in [2.75, 3.05) is 60.0 Å². The summed E-state index contributed by atoms with van der Waals surface area (Å²) in [6.07, 6.45) is 10.1. The number of benzene rings is 1. The molecule has 0 spiro atoms. The first-order valence-electron chi connectivity index (χ1n) is 13.4. The highest BCUT2D eigenvalue weighted by Crippen LogP contribution is 2.34. The van der Waals surface area contributed by atoms with Crippen LogP contribution in [0.4, 0.5) is 0 Å². The molecule has 2 atom stereocenters. The second-order valence-corrected chi connectivity index (χ2v) is 12.2. The molecule has 4 rings (SSSR count). The van der Waals surface area contributed by atoms with E-state index in [0.29, 0.717) is 11.2 Å². The quantitative estimate of drug-likeness (QED) is 0.398. The Morgan fingerprint density at radius 3 is 2.42 bits per heavy atom. The van der Waals surface area contributed by atoms with Crippen LogP contribution >= 0.6 is 11.9 Å². The van der Waals surface area contributed by atoms with Crippen LogP contribution in [0.2, 0.25) is 0 Å². The number of nitrogens with one attached hydrogen (secondary N) is 1. The third kappa shape index (κ3) is 7.23. The highest BCUT2D eigenvalue weighted by atomic mass is 32.2. The average Bonchev–Trinajstić information content (AvgIpc) is 2.90. The Morgan fingerprint density at radius 2 is 1.83 bits per heavy atom. The summed E-state index contributed by atoms with van der Waals surface area (Å²) in [5.74, 6) is 0.583. The molecule has 6 nitrogen and oxygen atoms in total. The summed E-state index contributed by atoms with van der Waals surface area (Å²) in [6, 6.07) is 9.34. The summed E-state index contributed by atoms with van der Waals surface area (Å²) in [7, 11) is 3.50. The highest BCUT2D eigenvalue weighted by Gasteiger charge is 2.30. The van der Waals surface area contributed by atoms with E-state index in [9.17, 15) is 4.79 Å². The van der Waals surface area contributed by atoms with Gasteiger partial charge in [0.05, 0.1) is 6.61 Å². The van der Waals surface area contributed by atoms with Gasteiger partial charge in [-0.15, -0.1) is 0 Å². The maximum absolute atomic E-state index is 11.8. The Hall–Kier alpha value is -1.64. The minimum Gasteiger partial charge on any atom is -0.383 e. The molecule has 2 unspecified atom stereocenters. The molecular weight excluding hydrogens is 468 g/mol. The number of rotatable bonds is 9. The smallest absolute Gasteiger partial charge is 0.246 e. The first-order chi connectivity index (χ1) is 17.4. The van der Waals surface area contributed by atoms with Gasteiger partial charge >= 0.3 is 0 Å². The van der Waals surface area contributed by atoms with Gasteiger partial charge in [0.1, 0.15) is 0 Å². The molecule has 1 aromatic carbocycles. The molecule has 0 bridgehead atoms. The van der Waals surface area contributed by atoms with Crippen molar-refractivity contribution >= 4 is 17.9 Å². The first kappa shape index (κ1) is 27.4. The van der Waals surface area contributed by atoms with E-state index in [1.807, 2.05) is 11.9 Å². The monoisotopic (exact) mass is 512 g/mol. The van der Waals surface area contributed by atoms with Gasteiger partial charge in [0.25, 0.3) is 0 Å². The first-order valence-corrected chi connectivity index (χ1v) is 14.3. The SMILES string of the molecule is CNC(=O)C1=CCN(SC2C=CC(c3ccc(CN4CCN(C(C)(C)COC)CC4)cc3)CC2)CC1. The Balaban J connectivity index is 1.22. The van der Waals surface area contributed by atoms with Crippen LogP contribution < -0.4 is 5.32 Å². The van der Waals surface area contributed by atoms with Gasteiger partial charge in [-0.2, -0.15) is 0 Å². The maximum Gasteiger partial charge on any atom is 0.246 e. The van der Waals surface area contributed by atoms with Crippen molar-refractivity contribution < 1.29 is 9.53 Å². The van der Waals surface area contributed by atoms with E-state index in [1.54, 1.807) is 14.2 Å². The van der Waals surface area contributed by atoms with Crippen molar-refractivity contribution in [3.05, 3.63) is 59.2 Å². The van der Waals surface area contributed by atoms with E-state index in [-0.39, 0.29) is 11.4 Å². The standard InChI is InChI=1S/C29H44N4O2S/c1-29(2,22-35-4)32-19-17-31(18-20-32)21-23-5-7-24(8-6-23)25-9-11-27(12-10-25)36-33-15-13-26(14-16-33)28(34)30-3/h5-9,11,13,25,27H,10,12,14-22H2,1-4H3,(H,30,34). The Labute approximate surface area is 222 Å². The van der Waals surface area contributed by atoms with E-state index in [0.717, 1.165) is 64.4 Å². The number of nitrogens with zero attached hydrogens (tertiary/aromatic N) is 3. The fraction of sp³-hybridized carbons (Fsp3) is 0.621. The minimum absolute atomic E-state index is 0.0654. The van der Waals surface area contributed by atoms with Gasteiger partial charge < -0.3 is 10.1 Å². The van der Waals surface area contributed by atoms with Gasteiger partial charge in [0.2, 0.25) is 5.91 Å². The summed E-state index contributed by atoms with van der Waals surface area (Å²) < 4.78 is 7.82. The molecule has 7 heteroatoms. The molecule has 1 saturated heterocycles. The van der Waals surface area contributed by atoms with E-state index < -0.39 is 0 Å². The van der Waals surface area contributed by atoms with Crippen LogP contribution in [-0.4, -0.2) is 90.8 Å². The Bertz CT molecular complexity index is 922. The van der Waals surface area contributed by atoms with Crippen LogP contribution in [0.15, 0.2) is 48.1 Å². The van der Waals surface area contributed by atoms with Crippen LogP contribution in [0.5, 0.6) is 0 Å². The number of ether oxygens (including phenoxy) is 1. The van der Waals surface area contributed by atoms with Crippen LogP contribution in [0.1, 0.15) is 50.2 Å². The number of carbonyl (C=O) groups excluding carboxylic acids is 1. The van der Waals surface area contributed by atoms with Crippen LogP contribution in [0, 0.1) is 0 Å². The summed E-state index contributed by atoms with van der Waals surface area (Å²) in [4.78, 5) is 16.9. The zero-order valence-electron chi connectivity index (χ0n) is 22.5. The maximum atomic E-state index is 11.8. The molecule has 0 aromatic heterocycles. The second-order valence-electron chi connectivity index (χ2n) is 10.9. The molecule has 1 aliphatic carbocycles. The van der Waals surface area contributed by atoms with Gasteiger partial charge in [-0.3, -0.25) is 14.6 Å². The molecule has 2 aliphatic heterocycles. The molecule has 1 amide bonds. The van der Waals surface area contributed by atoms with E-state index in [1.165, 1.54) is 24.0 Å². The highest BCUT2D eigenvalue weighted by molar-refractivity contribution is 7.97. The number of allylic oxidation sites excluding steroid dienone is 1. The molecule has 1 N–H and O–H groups in total. The van der Waals surface area contributed by atoms with Crippen molar-refractivity contribution in [3.8, 4) is 0 Å². The number of methoxy groups -OCH3 is 1. The Morgan fingerprint density at radius 1 is 1.08 bits per heavy atom. The van der Waals surface area contributed by atoms with Crippen molar-refractivity contribution in [2.24, 2.45) is 0 Å². The molecule has 0 saturated carbocycles. The molecule has 2 heterocycles. The molecule has 1 fully saturated rings. The number of hydrogen-bond acceptors (Lipinski definition) is 6. The van der Waals surface area contributed by atoms with Crippen LogP contribution in [-0.2, 0) is 16.1 Å². The topological polar surface area (TPSA) is 48.1 Å². The fourth-order valence-electron chi connectivity index (χ4n) is 5.55. The number of likely N-dealkylation sites (N-methyl/N-ethyl adjacent to an activating group) is 1. The Kier molecular flexibility index (Phi) is 9.70. The molecule has 1 aromatic rings. The van der Waals surface area contributed by atoms with Gasteiger partial charge in [-0.05, 0) is 44.2 Å². The molecule has 198 valence electrons. The molecular formula is C29H44N4O2S. The predicted molar refractivity (Wildman–Crippen MR) is 150 cm³/mol. The van der Waals surface area contributed by atoms with Crippen molar-refractivity contribution in [1.29, 1.82) is 0 Å². The average molecular weight is 513 g/mol. The third-order valence-corrected chi connectivity index (χ3v) is 9.13. The molecule has 3 aliphatic rings. The molecule has 0 radical (unpaired) electrons. The van der Waals surface area contributed by atoms with Crippen molar-refractivity contribution in [3.63, 3.8) is 0 Å². The van der Waals surface area contributed by atoms with Crippen LogP contribution in [0.25, 0.3) is 0 Å². The van der Waals surface area contributed by atoms with E-state index >= 15 is 0 Å². The number of amides is 1. The van der Waals surface area contributed by atoms with Gasteiger partial charge in [-0.1, -0.05) is 54.4 Å². The third-order valence-electron chi connectivity index (χ3n) is 7.84. The largest absolute Gasteiger partial charge is 0.383 e. The van der Waals surface area contributed by atoms with Crippen molar-refractivity contribution in [2.45, 2.75) is 56.4 Å². The predicted octanol–water partition coefficient (Wildman–Crippen LogP) is 4.06. The van der Waals surface area contributed by atoms with Gasteiger partial charge in [-0.25, -0.2) is 4.31 Å². The summed E-state index contributed by atoms with van der Waals surface area (Å²) in [6.45, 7) is 12.6. The lowest BCUT2D eigenvalue weighted by atomic mass is 9.89. The van der Waals surface area contributed by atoms with Gasteiger partial charge in [0.15, 0.2) is 0 Å². The normalized spacial score (nSPS) is 24.5. The summed E-state index contributed by atoms with van der Waals surface area (Å²) in [5, 5.41) is 3.26. The van der Waals surface area contributed by atoms with Crippen LogP contribution in [0.3, 0.4) is 0 Å². The lowest BCUT2D eigenvalue weighted by Gasteiger charge is -2.43. The number of carbonyl (C=O) groups is 1. The lowest BCUT2D eigenvalue weighted by Crippen LogP contribution is -2.56. The lowest BCUT2D eigenvalue weighted by molar-refractivity contribution is -0.117. The van der Waals surface area contributed by atoms with Crippen molar-refractivity contribution in [1.82, 2.24) is 19.4 Å². The van der Waals surface area contributed by atoms with E-state index in [2.05, 4.69) is 75.8 Å². The summed E-state index contributed by atoms with van der Waals surface area (Å²) in [5.41, 5.74) is 3.87. The van der Waals surface area contributed by atoms with Gasteiger partial charge in [0, 0.05) is 82.3 Å². The second kappa shape index (κ2) is 12.7. The fourth-order valence-corrected chi connectivity index (χ4v) is 6.69. The summed E-state index contributed by atoms with van der Waals surface area (Å²) >= 11 is 1.94. The number of piperazine rings is 1. The zero-order valence-corrected chi connectivity index (χ0v) is 23.4.